The molecule has 0 aliphatic rings. The van der Waals surface area contributed by atoms with Gasteiger partial charge in [0.2, 0.25) is 0 Å². The van der Waals surface area contributed by atoms with E-state index in [1.165, 1.54) is 0 Å². The number of nitrogens with zero attached hydrogens (tertiary/aromatic N) is 1. The number of ether oxygens (including phenoxy) is 1. The van der Waals surface area contributed by atoms with Crippen LogP contribution in [0.25, 0.3) is 0 Å². The van der Waals surface area contributed by atoms with Crippen LogP contribution in [0, 0.1) is 11.8 Å². The van der Waals surface area contributed by atoms with Gasteiger partial charge in [-0.15, -0.1) is 0 Å². The monoisotopic (exact) mass is 284 g/mol. The van der Waals surface area contributed by atoms with E-state index in [9.17, 15) is 4.79 Å². The zero-order valence-corrected chi connectivity index (χ0v) is 14.1. The molecule has 0 aromatic rings. The molecule has 0 aliphatic carbocycles. The van der Waals surface area contributed by atoms with E-state index in [-0.39, 0.29) is 18.1 Å². The molecule has 4 nitrogen and oxygen atoms in total. The van der Waals surface area contributed by atoms with Gasteiger partial charge in [0.1, 0.15) is 0 Å². The second kappa shape index (κ2) is 9.14. The quantitative estimate of drug-likeness (QED) is 0.549. The van der Waals surface area contributed by atoms with E-state index in [0.717, 1.165) is 6.54 Å². The third-order valence-electron chi connectivity index (χ3n) is 3.57. The topological polar surface area (TPSA) is 55.6 Å². The minimum Gasteiger partial charge on any atom is -0.463 e. The van der Waals surface area contributed by atoms with Crippen molar-refractivity contribution < 1.29 is 9.53 Å². The average molecular weight is 284 g/mol. The van der Waals surface area contributed by atoms with E-state index in [0.29, 0.717) is 24.0 Å². The van der Waals surface area contributed by atoms with E-state index >= 15 is 0 Å². The fraction of sp³-hybridized carbons (Fsp3) is 0.812. The van der Waals surface area contributed by atoms with Gasteiger partial charge in [-0.25, -0.2) is 4.79 Å². The molecule has 0 spiro atoms. The van der Waals surface area contributed by atoms with Crippen molar-refractivity contribution in [3.8, 4) is 0 Å². The maximum absolute atomic E-state index is 11.7. The molecule has 20 heavy (non-hydrogen) atoms. The lowest BCUT2D eigenvalue weighted by atomic mass is 9.98. The summed E-state index contributed by atoms with van der Waals surface area (Å²) < 4.78 is 5.03. The fourth-order valence-electron chi connectivity index (χ4n) is 2.06. The van der Waals surface area contributed by atoms with Crippen LogP contribution in [0.2, 0.25) is 0 Å². The molecule has 0 radical (unpaired) electrons. The summed E-state index contributed by atoms with van der Waals surface area (Å²) in [6, 6.07) is 0.321. The Bertz CT molecular complexity index is 324. The van der Waals surface area contributed by atoms with Crippen LogP contribution in [0.1, 0.15) is 41.5 Å². The maximum Gasteiger partial charge on any atom is 0.333 e. The molecule has 0 fully saturated rings. The number of carbonyl (C=O) groups excluding carboxylic acids is 1. The molecule has 0 heterocycles. The minimum atomic E-state index is -0.236. The van der Waals surface area contributed by atoms with Gasteiger partial charge in [-0.2, -0.15) is 0 Å². The maximum atomic E-state index is 11.7. The first-order valence-electron chi connectivity index (χ1n) is 7.52. The lowest BCUT2D eigenvalue weighted by molar-refractivity contribution is -0.138. The van der Waals surface area contributed by atoms with Crippen LogP contribution in [0.15, 0.2) is 11.6 Å². The second-order valence-electron chi connectivity index (χ2n) is 6.15. The number of esters is 1. The molecule has 4 heteroatoms. The fourth-order valence-corrected chi connectivity index (χ4v) is 2.06. The molecule has 0 aliphatic heterocycles. The van der Waals surface area contributed by atoms with Gasteiger partial charge in [0.25, 0.3) is 0 Å². The Morgan fingerprint density at radius 1 is 1.25 bits per heavy atom. The molecule has 0 amide bonds. The Hall–Kier alpha value is -0.870. The normalized spacial score (nSPS) is 15.8. The van der Waals surface area contributed by atoms with Crippen molar-refractivity contribution in [2.24, 2.45) is 17.6 Å². The summed E-state index contributed by atoms with van der Waals surface area (Å²) >= 11 is 0. The Morgan fingerprint density at radius 2 is 1.80 bits per heavy atom. The zero-order chi connectivity index (χ0) is 15.9. The minimum absolute atomic E-state index is 0.137. The van der Waals surface area contributed by atoms with Crippen molar-refractivity contribution in [1.82, 2.24) is 4.90 Å². The van der Waals surface area contributed by atoms with Crippen molar-refractivity contribution in [2.45, 2.75) is 53.6 Å². The zero-order valence-electron chi connectivity index (χ0n) is 14.1. The van der Waals surface area contributed by atoms with Crippen LogP contribution in [-0.2, 0) is 9.53 Å². The highest BCUT2D eigenvalue weighted by Gasteiger charge is 2.21. The van der Waals surface area contributed by atoms with E-state index in [1.807, 2.05) is 19.9 Å². The summed E-state index contributed by atoms with van der Waals surface area (Å²) in [5.74, 6) is 0.615. The number of nitrogens with two attached hydrogens (primary N) is 1. The van der Waals surface area contributed by atoms with E-state index in [4.69, 9.17) is 10.5 Å². The first-order valence-corrected chi connectivity index (χ1v) is 7.52. The van der Waals surface area contributed by atoms with Crippen LogP contribution >= 0.6 is 0 Å². The number of hydrogen-bond donors (Lipinski definition) is 1. The van der Waals surface area contributed by atoms with Gasteiger partial charge in [-0.3, -0.25) is 4.90 Å². The summed E-state index contributed by atoms with van der Waals surface area (Å²) in [5.41, 5.74) is 6.80. The Labute approximate surface area is 124 Å². The number of rotatable bonds is 8. The SMILES string of the molecule is CCOC(=O)C(C)=C[C@H](C(C)C)N(C)CC(N)C(C)C. The molecule has 0 bridgehead atoms. The molecule has 118 valence electrons. The molecule has 0 rings (SSSR count). The highest BCUT2D eigenvalue weighted by atomic mass is 16.5. The van der Waals surface area contributed by atoms with Gasteiger partial charge >= 0.3 is 5.97 Å². The third-order valence-corrected chi connectivity index (χ3v) is 3.57. The Kier molecular flexibility index (Phi) is 8.74. The van der Waals surface area contributed by atoms with E-state index in [2.05, 4.69) is 39.6 Å². The van der Waals surface area contributed by atoms with Crippen molar-refractivity contribution >= 4 is 5.97 Å². The molecule has 0 aromatic carbocycles. The Balaban J connectivity index is 4.88. The first kappa shape index (κ1) is 19.1. The summed E-state index contributed by atoms with van der Waals surface area (Å²) in [6.45, 7) is 13.4. The van der Waals surface area contributed by atoms with E-state index in [1.54, 1.807) is 0 Å². The predicted molar refractivity (Wildman–Crippen MR) is 84.5 cm³/mol. The predicted octanol–water partition coefficient (Wildman–Crippen LogP) is 2.44. The van der Waals surface area contributed by atoms with Gasteiger partial charge in [-0.05, 0) is 32.7 Å². The van der Waals surface area contributed by atoms with Gasteiger partial charge in [0.05, 0.1) is 6.61 Å². The smallest absolute Gasteiger partial charge is 0.333 e. The van der Waals surface area contributed by atoms with E-state index < -0.39 is 0 Å². The lowest BCUT2D eigenvalue weighted by Crippen LogP contribution is -2.44. The van der Waals surface area contributed by atoms with Crippen molar-refractivity contribution in [3.63, 3.8) is 0 Å². The van der Waals surface area contributed by atoms with Crippen molar-refractivity contribution in [2.75, 3.05) is 20.2 Å². The molecule has 0 saturated heterocycles. The van der Waals surface area contributed by atoms with Crippen LogP contribution in [0.3, 0.4) is 0 Å². The average Bonchev–Trinajstić information content (AvgIpc) is 2.34. The highest BCUT2D eigenvalue weighted by Crippen LogP contribution is 2.15. The van der Waals surface area contributed by atoms with Gasteiger partial charge in [0, 0.05) is 24.2 Å². The number of hydrogen-bond acceptors (Lipinski definition) is 4. The standard InChI is InChI=1S/C16H32N2O2/c1-8-20-16(19)13(6)9-15(12(4)5)18(7)10-14(17)11(2)3/h9,11-12,14-15H,8,10,17H2,1-7H3/t14?,15-/m1/s1. The Morgan fingerprint density at radius 3 is 2.20 bits per heavy atom. The van der Waals surface area contributed by atoms with Crippen molar-refractivity contribution in [3.05, 3.63) is 11.6 Å². The molecular formula is C16H32N2O2. The van der Waals surface area contributed by atoms with Gasteiger partial charge < -0.3 is 10.5 Å². The second-order valence-corrected chi connectivity index (χ2v) is 6.15. The number of likely N-dealkylation sites (N-methyl/N-ethyl adjacent to an activating group) is 1. The number of carbonyl (C=O) groups is 1. The summed E-state index contributed by atoms with van der Waals surface area (Å²) in [6.07, 6.45) is 2.00. The summed E-state index contributed by atoms with van der Waals surface area (Å²) in [5, 5.41) is 0. The lowest BCUT2D eigenvalue weighted by Gasteiger charge is -2.32. The third kappa shape index (κ3) is 6.53. The summed E-state index contributed by atoms with van der Waals surface area (Å²) in [7, 11) is 2.06. The molecule has 0 saturated carbocycles. The molecule has 1 unspecified atom stereocenters. The molecule has 0 aromatic heterocycles. The van der Waals surface area contributed by atoms with Crippen molar-refractivity contribution in [1.29, 1.82) is 0 Å². The summed E-state index contributed by atoms with van der Waals surface area (Å²) in [4.78, 5) is 13.9. The van der Waals surface area contributed by atoms with Crippen LogP contribution in [0.5, 0.6) is 0 Å². The first-order chi connectivity index (χ1) is 9.20. The van der Waals surface area contributed by atoms with Crippen LogP contribution in [0.4, 0.5) is 0 Å². The largest absolute Gasteiger partial charge is 0.463 e. The molecular weight excluding hydrogens is 252 g/mol. The molecule has 2 atom stereocenters. The van der Waals surface area contributed by atoms with Gasteiger partial charge in [0.15, 0.2) is 0 Å². The van der Waals surface area contributed by atoms with Crippen LogP contribution < -0.4 is 5.73 Å². The van der Waals surface area contributed by atoms with Gasteiger partial charge in [-0.1, -0.05) is 33.8 Å². The molecule has 2 N–H and O–H groups in total. The highest BCUT2D eigenvalue weighted by molar-refractivity contribution is 5.87. The van der Waals surface area contributed by atoms with Crippen LogP contribution in [-0.4, -0.2) is 43.2 Å².